The van der Waals surface area contributed by atoms with Gasteiger partial charge >= 0.3 is 0 Å². The molecule has 0 fully saturated rings. The van der Waals surface area contributed by atoms with Gasteiger partial charge in [0.1, 0.15) is 5.76 Å². The Morgan fingerprint density at radius 3 is 2.10 bits per heavy atom. The zero-order chi connectivity index (χ0) is 36.1. The normalized spacial score (nSPS) is 12.8. The molecule has 1 radical (unpaired) electrons. The van der Waals surface area contributed by atoms with Crippen molar-refractivity contribution >= 4 is 16.6 Å². The summed E-state index contributed by atoms with van der Waals surface area (Å²) in [6.07, 6.45) is 8.76. The quantitative estimate of drug-likeness (QED) is 0.0863. The average Bonchev–Trinajstić information content (AvgIpc) is 3.16. The Kier molecular flexibility index (Phi) is 13.3. The third-order valence-corrected chi connectivity index (χ3v) is 11.3. The standard InChI is InChI=1S/C31H25N2.C15H28O2.Ir/c1-20(2)29-18-26(17-23-10-6-7-11-27(23)29)31-32-19-25-13-12-24-16-22(21-8-4-3-5-9-21)14-15-28(24)30(25)33-31;1-7-14(5,8-2)12(16)11-13(17)15(6,9-3)10-4;/h3-11,14-16,18-20H,12-13H2,1-2H3;11,16H,7-10H2,1-6H3;/q-1;;/b;12-11-;. The van der Waals surface area contributed by atoms with Crippen molar-refractivity contribution in [1.82, 2.24) is 9.97 Å². The zero-order valence-electron chi connectivity index (χ0n) is 31.6. The van der Waals surface area contributed by atoms with Crippen LogP contribution >= 0.6 is 0 Å². The molecule has 1 aromatic heterocycles. The van der Waals surface area contributed by atoms with E-state index in [4.69, 9.17) is 9.97 Å². The number of rotatable bonds is 10. The van der Waals surface area contributed by atoms with Crippen LogP contribution in [0, 0.1) is 16.9 Å². The van der Waals surface area contributed by atoms with E-state index in [1.807, 2.05) is 47.7 Å². The molecule has 1 aliphatic rings. The van der Waals surface area contributed by atoms with Crippen molar-refractivity contribution in [3.05, 3.63) is 120 Å². The van der Waals surface area contributed by atoms with Crippen LogP contribution < -0.4 is 0 Å². The van der Waals surface area contributed by atoms with Crippen molar-refractivity contribution in [3.63, 3.8) is 0 Å². The molecule has 1 N–H and O–H groups in total. The van der Waals surface area contributed by atoms with E-state index in [9.17, 15) is 9.90 Å². The molecule has 4 nitrogen and oxygen atoms in total. The second-order valence-electron chi connectivity index (χ2n) is 14.6. The van der Waals surface area contributed by atoms with Gasteiger partial charge in [-0.15, -0.1) is 29.1 Å². The molecule has 1 heterocycles. The van der Waals surface area contributed by atoms with E-state index in [2.05, 4.69) is 98.8 Å². The number of aryl methyl sites for hydroxylation is 2. The number of hydrogen-bond donors (Lipinski definition) is 1. The monoisotopic (exact) mass is 858 g/mol. The molecule has 0 amide bonds. The van der Waals surface area contributed by atoms with Crippen LogP contribution in [0.25, 0.3) is 44.5 Å². The summed E-state index contributed by atoms with van der Waals surface area (Å²) in [5, 5.41) is 12.5. The van der Waals surface area contributed by atoms with Crippen LogP contribution in [0.1, 0.15) is 104 Å². The largest absolute Gasteiger partial charge is 0.512 e. The Morgan fingerprint density at radius 2 is 1.45 bits per heavy atom. The number of aliphatic hydroxyl groups is 1. The molecule has 0 bridgehead atoms. The van der Waals surface area contributed by atoms with E-state index in [0.717, 1.165) is 61.0 Å². The molecule has 51 heavy (non-hydrogen) atoms. The van der Waals surface area contributed by atoms with Crippen LogP contribution in [0.4, 0.5) is 0 Å². The Morgan fingerprint density at radius 1 is 0.824 bits per heavy atom. The molecule has 0 unspecified atom stereocenters. The molecule has 1 aliphatic carbocycles. The fraction of sp³-hybridized carbons (Fsp3) is 0.370. The molecular weight excluding hydrogens is 805 g/mol. The minimum atomic E-state index is -0.337. The van der Waals surface area contributed by atoms with E-state index in [1.165, 1.54) is 44.8 Å². The predicted molar refractivity (Wildman–Crippen MR) is 209 cm³/mol. The van der Waals surface area contributed by atoms with Crippen LogP contribution in [0.15, 0.2) is 96.9 Å². The van der Waals surface area contributed by atoms with E-state index in [-0.39, 0.29) is 42.5 Å². The van der Waals surface area contributed by atoms with E-state index in [0.29, 0.717) is 5.92 Å². The molecule has 5 heteroatoms. The predicted octanol–water partition coefficient (Wildman–Crippen LogP) is 12.3. The van der Waals surface area contributed by atoms with Gasteiger partial charge in [0.05, 0.1) is 11.5 Å². The first-order chi connectivity index (χ1) is 24.0. The first-order valence-electron chi connectivity index (χ1n) is 18.4. The molecule has 0 atom stereocenters. The number of aliphatic hydroxyl groups excluding tert-OH is 1. The summed E-state index contributed by atoms with van der Waals surface area (Å²) in [6, 6.07) is 31.6. The van der Waals surface area contributed by atoms with E-state index in [1.54, 1.807) is 0 Å². The summed E-state index contributed by atoms with van der Waals surface area (Å²) < 4.78 is 0. The SMILES string of the molecule is CC(C)c1cc(-c2ncc3c(n2)-c2ccc(-c4ccccc4)cc2CC3)[c-]c2ccccc12.CCC(C)(CC)C(=O)/C=C(\O)C(C)(CC)CC.[Ir]. The van der Waals surface area contributed by atoms with Crippen LogP contribution in [0.3, 0.4) is 0 Å². The maximum Gasteiger partial charge on any atom is 0.164 e. The van der Waals surface area contributed by atoms with Gasteiger partial charge in [0.25, 0.3) is 0 Å². The molecule has 5 aromatic rings. The summed E-state index contributed by atoms with van der Waals surface area (Å²) in [5.41, 5.74) is 9.06. The van der Waals surface area contributed by atoms with Gasteiger partial charge in [-0.3, -0.25) is 14.8 Å². The van der Waals surface area contributed by atoms with Gasteiger partial charge in [0, 0.05) is 48.8 Å². The van der Waals surface area contributed by atoms with Crippen molar-refractivity contribution in [2.75, 3.05) is 0 Å². The van der Waals surface area contributed by atoms with Crippen LogP contribution in [0.5, 0.6) is 0 Å². The van der Waals surface area contributed by atoms with E-state index >= 15 is 0 Å². The number of hydrogen-bond acceptors (Lipinski definition) is 4. The van der Waals surface area contributed by atoms with Gasteiger partial charge in [0.2, 0.25) is 0 Å². The van der Waals surface area contributed by atoms with Crippen molar-refractivity contribution < 1.29 is 30.0 Å². The first kappa shape index (κ1) is 39.9. The van der Waals surface area contributed by atoms with Crippen LogP contribution in [0.2, 0.25) is 0 Å². The number of carbonyl (C=O) groups excluding carboxylic acids is 1. The van der Waals surface area contributed by atoms with Gasteiger partial charge in [-0.05, 0) is 66.7 Å². The summed E-state index contributed by atoms with van der Waals surface area (Å²) in [4.78, 5) is 22.0. The Bertz CT molecular complexity index is 1990. The molecular formula is C46H53IrN2O2-. The Labute approximate surface area is 319 Å². The summed E-state index contributed by atoms with van der Waals surface area (Å²) in [5.74, 6) is 1.45. The topological polar surface area (TPSA) is 63.1 Å². The van der Waals surface area contributed by atoms with Crippen molar-refractivity contribution in [1.29, 1.82) is 0 Å². The number of ketones is 1. The molecule has 0 spiro atoms. The number of allylic oxidation sites excluding steroid dienone is 2. The first-order valence-corrected chi connectivity index (χ1v) is 18.4. The fourth-order valence-corrected chi connectivity index (χ4v) is 6.60. The second kappa shape index (κ2) is 17.1. The number of aromatic nitrogens is 2. The minimum absolute atomic E-state index is 0. The third kappa shape index (κ3) is 8.59. The summed E-state index contributed by atoms with van der Waals surface area (Å²) in [7, 11) is 0. The smallest absolute Gasteiger partial charge is 0.164 e. The van der Waals surface area contributed by atoms with Gasteiger partial charge in [-0.1, -0.05) is 133 Å². The number of fused-ring (bicyclic) bond motifs is 4. The molecule has 0 saturated heterocycles. The second-order valence-corrected chi connectivity index (χ2v) is 14.6. The van der Waals surface area contributed by atoms with Crippen molar-refractivity contribution in [3.8, 4) is 33.8 Å². The van der Waals surface area contributed by atoms with Crippen molar-refractivity contribution in [2.24, 2.45) is 10.8 Å². The maximum absolute atomic E-state index is 12.2. The van der Waals surface area contributed by atoms with Gasteiger partial charge in [0.15, 0.2) is 5.78 Å². The molecule has 4 aromatic carbocycles. The molecule has 0 saturated carbocycles. The van der Waals surface area contributed by atoms with Crippen molar-refractivity contribution in [2.45, 2.75) is 99.8 Å². The molecule has 6 rings (SSSR count). The van der Waals surface area contributed by atoms with Gasteiger partial charge in [-0.25, -0.2) is 0 Å². The summed E-state index contributed by atoms with van der Waals surface area (Å²) in [6.45, 7) is 16.6. The Hall–Kier alpha value is -3.92. The number of benzene rings is 4. The number of carbonyl (C=O) groups is 1. The minimum Gasteiger partial charge on any atom is -0.512 e. The third-order valence-electron chi connectivity index (χ3n) is 11.3. The van der Waals surface area contributed by atoms with Crippen LogP contribution in [-0.4, -0.2) is 20.9 Å². The van der Waals surface area contributed by atoms with Gasteiger partial charge < -0.3 is 5.11 Å². The Balaban J connectivity index is 0.000000279. The maximum atomic E-state index is 12.2. The fourth-order valence-electron chi connectivity index (χ4n) is 6.60. The summed E-state index contributed by atoms with van der Waals surface area (Å²) >= 11 is 0. The van der Waals surface area contributed by atoms with E-state index < -0.39 is 0 Å². The average molecular weight is 858 g/mol. The zero-order valence-corrected chi connectivity index (χ0v) is 34.0. The van der Waals surface area contributed by atoms with Gasteiger partial charge in [-0.2, -0.15) is 0 Å². The number of nitrogens with zero attached hydrogens (tertiary/aromatic N) is 2. The van der Waals surface area contributed by atoms with Crippen LogP contribution in [-0.2, 0) is 37.7 Å². The molecule has 0 aliphatic heterocycles. The molecule has 269 valence electrons.